The van der Waals surface area contributed by atoms with Crippen LogP contribution in [-0.2, 0) is 0 Å². The van der Waals surface area contributed by atoms with Gasteiger partial charge in [0.25, 0.3) is 0 Å². The summed E-state index contributed by atoms with van der Waals surface area (Å²) in [5.74, 6) is 1.07. The van der Waals surface area contributed by atoms with Gasteiger partial charge in [0.2, 0.25) is 0 Å². The molecule has 0 saturated heterocycles. The molecule has 96 valence electrons. The van der Waals surface area contributed by atoms with Gasteiger partial charge in [0.15, 0.2) is 11.5 Å². The maximum absolute atomic E-state index is 5.92. The van der Waals surface area contributed by atoms with Crippen LogP contribution in [0.2, 0.25) is 10.0 Å². The molecule has 1 heterocycles. The van der Waals surface area contributed by atoms with E-state index in [0.29, 0.717) is 27.2 Å². The first kappa shape index (κ1) is 13.1. The van der Waals surface area contributed by atoms with E-state index < -0.39 is 0 Å². The number of ether oxygens (including phenoxy) is 1. The van der Waals surface area contributed by atoms with Gasteiger partial charge < -0.3 is 10.5 Å². The van der Waals surface area contributed by atoms with Gasteiger partial charge in [0.05, 0.1) is 28.1 Å². The predicted molar refractivity (Wildman–Crippen MR) is 73.6 cm³/mol. The Morgan fingerprint density at radius 2 is 1.94 bits per heavy atom. The molecule has 0 aliphatic carbocycles. The molecule has 2 rings (SSSR count). The van der Waals surface area contributed by atoms with E-state index in [2.05, 4.69) is 5.10 Å². The third-order valence-corrected chi connectivity index (χ3v) is 3.11. The van der Waals surface area contributed by atoms with Gasteiger partial charge in [-0.3, -0.25) is 4.68 Å². The molecule has 6 heteroatoms. The number of nitrogens with zero attached hydrogens (tertiary/aromatic N) is 2. The van der Waals surface area contributed by atoms with E-state index in [9.17, 15) is 0 Å². The smallest absolute Gasteiger partial charge is 0.165 e. The molecule has 0 aliphatic heterocycles. The van der Waals surface area contributed by atoms with Crippen molar-refractivity contribution >= 4 is 28.9 Å². The molecule has 0 atom stereocenters. The standard InChI is InChI=1S/C12H13Cl2N3O/c1-7(2)17-6-8(5-16-17)18-12-4-10(14)9(13)3-11(12)15/h3-7H,15H2,1-2H3. The van der Waals surface area contributed by atoms with Gasteiger partial charge in [-0.05, 0) is 19.9 Å². The Kier molecular flexibility index (Phi) is 3.68. The van der Waals surface area contributed by atoms with E-state index in [1.807, 2.05) is 13.8 Å². The van der Waals surface area contributed by atoms with Gasteiger partial charge in [-0.25, -0.2) is 0 Å². The third kappa shape index (κ3) is 2.71. The Labute approximate surface area is 115 Å². The van der Waals surface area contributed by atoms with E-state index in [0.717, 1.165) is 0 Å². The monoisotopic (exact) mass is 285 g/mol. The van der Waals surface area contributed by atoms with Gasteiger partial charge in [0.1, 0.15) is 0 Å². The van der Waals surface area contributed by atoms with Crippen molar-refractivity contribution in [3.8, 4) is 11.5 Å². The molecule has 18 heavy (non-hydrogen) atoms. The Hall–Kier alpha value is -1.39. The van der Waals surface area contributed by atoms with Gasteiger partial charge in [0, 0.05) is 12.1 Å². The lowest BCUT2D eigenvalue weighted by Gasteiger charge is -2.08. The van der Waals surface area contributed by atoms with Crippen molar-refractivity contribution in [3.05, 3.63) is 34.6 Å². The zero-order chi connectivity index (χ0) is 13.3. The summed E-state index contributed by atoms with van der Waals surface area (Å²) in [5.41, 5.74) is 6.24. The molecule has 0 fully saturated rings. The lowest BCUT2D eigenvalue weighted by molar-refractivity contribution is 0.479. The first-order valence-corrected chi connectivity index (χ1v) is 6.19. The Bertz CT molecular complexity index is 566. The molecule has 0 bridgehead atoms. The quantitative estimate of drug-likeness (QED) is 0.862. The van der Waals surface area contributed by atoms with Gasteiger partial charge >= 0.3 is 0 Å². The van der Waals surface area contributed by atoms with Gasteiger partial charge in [-0.15, -0.1) is 0 Å². The first-order valence-electron chi connectivity index (χ1n) is 5.44. The second kappa shape index (κ2) is 5.08. The normalized spacial score (nSPS) is 10.9. The van der Waals surface area contributed by atoms with E-state index in [-0.39, 0.29) is 6.04 Å². The molecular weight excluding hydrogens is 273 g/mol. The van der Waals surface area contributed by atoms with Crippen LogP contribution in [0.25, 0.3) is 0 Å². The fourth-order valence-corrected chi connectivity index (χ4v) is 1.74. The molecule has 0 spiro atoms. The summed E-state index contributed by atoms with van der Waals surface area (Å²) in [7, 11) is 0. The van der Waals surface area contributed by atoms with Gasteiger partial charge in [-0.1, -0.05) is 23.2 Å². The summed E-state index contributed by atoms with van der Waals surface area (Å²) in [4.78, 5) is 0. The Balaban J connectivity index is 2.25. The molecule has 0 aliphatic rings. The summed E-state index contributed by atoms with van der Waals surface area (Å²) in [6.07, 6.45) is 3.43. The largest absolute Gasteiger partial charge is 0.452 e. The lowest BCUT2D eigenvalue weighted by Crippen LogP contribution is -1.99. The molecule has 4 nitrogen and oxygen atoms in total. The number of rotatable bonds is 3. The highest BCUT2D eigenvalue weighted by atomic mass is 35.5. The van der Waals surface area contributed by atoms with Crippen LogP contribution in [0.4, 0.5) is 5.69 Å². The van der Waals surface area contributed by atoms with E-state index in [4.69, 9.17) is 33.7 Å². The number of benzene rings is 1. The second-order valence-electron chi connectivity index (χ2n) is 4.16. The van der Waals surface area contributed by atoms with Crippen LogP contribution < -0.4 is 10.5 Å². The molecule has 0 amide bonds. The highest BCUT2D eigenvalue weighted by molar-refractivity contribution is 6.42. The van der Waals surface area contributed by atoms with Gasteiger partial charge in [-0.2, -0.15) is 5.10 Å². The lowest BCUT2D eigenvalue weighted by atomic mass is 10.3. The topological polar surface area (TPSA) is 53.1 Å². The van der Waals surface area contributed by atoms with Crippen LogP contribution in [0.1, 0.15) is 19.9 Å². The SMILES string of the molecule is CC(C)n1cc(Oc2cc(Cl)c(Cl)cc2N)cn1. The van der Waals surface area contributed by atoms with Crippen LogP contribution in [0, 0.1) is 0 Å². The molecule has 0 unspecified atom stereocenters. The molecule has 1 aromatic carbocycles. The van der Waals surface area contributed by atoms with Crippen LogP contribution >= 0.6 is 23.2 Å². The van der Waals surface area contributed by atoms with Crippen molar-refractivity contribution < 1.29 is 4.74 Å². The first-order chi connectivity index (χ1) is 8.47. The van der Waals surface area contributed by atoms with Crippen molar-refractivity contribution in [2.24, 2.45) is 0 Å². The second-order valence-corrected chi connectivity index (χ2v) is 4.97. The minimum Gasteiger partial charge on any atom is -0.452 e. The zero-order valence-corrected chi connectivity index (χ0v) is 11.5. The van der Waals surface area contributed by atoms with Crippen molar-refractivity contribution in [3.63, 3.8) is 0 Å². The molecule has 1 aromatic heterocycles. The maximum atomic E-state index is 5.92. The average Bonchev–Trinajstić information content (AvgIpc) is 2.74. The minimum atomic E-state index is 0.272. The average molecular weight is 286 g/mol. The van der Waals surface area contributed by atoms with Crippen LogP contribution in [-0.4, -0.2) is 9.78 Å². The highest BCUT2D eigenvalue weighted by Crippen LogP contribution is 2.34. The van der Waals surface area contributed by atoms with Crippen molar-refractivity contribution in [1.29, 1.82) is 0 Å². The number of hydrogen-bond donors (Lipinski definition) is 1. The molecule has 0 radical (unpaired) electrons. The summed E-state index contributed by atoms with van der Waals surface area (Å²) < 4.78 is 7.42. The number of anilines is 1. The molecule has 2 aromatic rings. The number of nitrogens with two attached hydrogens (primary N) is 1. The highest BCUT2D eigenvalue weighted by Gasteiger charge is 2.09. The summed E-state index contributed by atoms with van der Waals surface area (Å²) in [6.45, 7) is 4.06. The van der Waals surface area contributed by atoms with Crippen molar-refractivity contribution in [2.45, 2.75) is 19.9 Å². The summed E-state index contributed by atoms with van der Waals surface area (Å²) in [5, 5.41) is 4.98. The summed E-state index contributed by atoms with van der Waals surface area (Å²) >= 11 is 11.8. The van der Waals surface area contributed by atoms with Crippen molar-refractivity contribution in [2.75, 3.05) is 5.73 Å². The minimum absolute atomic E-state index is 0.272. The fraction of sp³-hybridized carbons (Fsp3) is 0.250. The fourth-order valence-electron chi connectivity index (χ4n) is 1.42. The number of hydrogen-bond acceptors (Lipinski definition) is 3. The Morgan fingerprint density at radius 1 is 1.28 bits per heavy atom. The van der Waals surface area contributed by atoms with Crippen molar-refractivity contribution in [1.82, 2.24) is 9.78 Å². The zero-order valence-electron chi connectivity index (χ0n) is 10.0. The van der Waals surface area contributed by atoms with Crippen LogP contribution in [0.5, 0.6) is 11.5 Å². The van der Waals surface area contributed by atoms with Crippen LogP contribution in [0.15, 0.2) is 24.5 Å². The van der Waals surface area contributed by atoms with E-state index >= 15 is 0 Å². The summed E-state index contributed by atoms with van der Waals surface area (Å²) in [6, 6.07) is 3.42. The van der Waals surface area contributed by atoms with E-state index in [1.165, 1.54) is 0 Å². The number of halogens is 2. The van der Waals surface area contributed by atoms with E-state index in [1.54, 1.807) is 29.2 Å². The number of nitrogen functional groups attached to an aromatic ring is 1. The third-order valence-electron chi connectivity index (χ3n) is 2.39. The number of aromatic nitrogens is 2. The Morgan fingerprint density at radius 3 is 2.56 bits per heavy atom. The molecular formula is C12H13Cl2N3O. The predicted octanol–water partition coefficient (Wildman–Crippen LogP) is 4.15. The maximum Gasteiger partial charge on any atom is 0.165 e. The molecule has 2 N–H and O–H groups in total. The van der Waals surface area contributed by atoms with Crippen LogP contribution in [0.3, 0.4) is 0 Å². The molecule has 0 saturated carbocycles.